The number of amides is 3. The highest BCUT2D eigenvalue weighted by Crippen LogP contribution is 2.21. The molecule has 1 aromatic rings. The summed E-state index contributed by atoms with van der Waals surface area (Å²) in [5.41, 5.74) is 0.879. The Morgan fingerprint density at radius 3 is 2.38 bits per heavy atom. The van der Waals surface area contributed by atoms with Crippen molar-refractivity contribution < 1.29 is 9.59 Å². The molecule has 5 heteroatoms. The van der Waals surface area contributed by atoms with Crippen LogP contribution >= 0.6 is 0 Å². The molecule has 2 rings (SSSR count). The van der Waals surface area contributed by atoms with Crippen molar-refractivity contribution in [1.82, 2.24) is 16.0 Å². The zero-order valence-electron chi connectivity index (χ0n) is 12.4. The van der Waals surface area contributed by atoms with Gasteiger partial charge in [-0.05, 0) is 18.4 Å². The van der Waals surface area contributed by atoms with E-state index < -0.39 is 12.1 Å². The number of rotatable bonds is 4. The van der Waals surface area contributed by atoms with Gasteiger partial charge < -0.3 is 5.32 Å². The predicted molar refractivity (Wildman–Crippen MR) is 81.8 cm³/mol. The molecule has 0 spiro atoms. The molecule has 1 aromatic carbocycles. The van der Waals surface area contributed by atoms with Crippen LogP contribution in [0, 0.1) is 0 Å². The van der Waals surface area contributed by atoms with E-state index in [0.29, 0.717) is 6.04 Å². The number of hydrogen-bond acceptors (Lipinski definition) is 3. The molecule has 0 radical (unpaired) electrons. The zero-order chi connectivity index (χ0) is 15.1. The van der Waals surface area contributed by atoms with E-state index in [9.17, 15) is 9.59 Å². The molecule has 1 atom stereocenters. The van der Waals surface area contributed by atoms with Crippen molar-refractivity contribution in [3.63, 3.8) is 0 Å². The van der Waals surface area contributed by atoms with Gasteiger partial charge in [-0.15, -0.1) is 0 Å². The quantitative estimate of drug-likeness (QED) is 0.795. The molecule has 1 aliphatic rings. The standard InChI is InChI=1S/C16H23N3O2/c1-17-16(21)19-15(20)14(12-8-4-2-5-9-12)18-13-10-6-3-7-11-13/h2,4-5,8-9,13-14,18H,3,6-7,10-11H2,1H3,(H2,17,19,20,21). The molecule has 1 fully saturated rings. The molecule has 21 heavy (non-hydrogen) atoms. The maximum atomic E-state index is 12.4. The van der Waals surface area contributed by atoms with Crippen molar-refractivity contribution >= 4 is 11.9 Å². The highest BCUT2D eigenvalue weighted by molar-refractivity contribution is 5.97. The second-order valence-electron chi connectivity index (χ2n) is 5.41. The lowest BCUT2D eigenvalue weighted by Crippen LogP contribution is -2.46. The van der Waals surface area contributed by atoms with E-state index in [1.807, 2.05) is 30.3 Å². The molecular formula is C16H23N3O2. The summed E-state index contributed by atoms with van der Waals surface area (Å²) >= 11 is 0. The van der Waals surface area contributed by atoms with Gasteiger partial charge in [0.1, 0.15) is 6.04 Å². The lowest BCUT2D eigenvalue weighted by molar-refractivity contribution is -0.122. The zero-order valence-corrected chi connectivity index (χ0v) is 12.4. The molecule has 1 aliphatic carbocycles. The van der Waals surface area contributed by atoms with Gasteiger partial charge in [-0.2, -0.15) is 0 Å². The van der Waals surface area contributed by atoms with E-state index in [4.69, 9.17) is 0 Å². The van der Waals surface area contributed by atoms with E-state index >= 15 is 0 Å². The van der Waals surface area contributed by atoms with Crippen molar-refractivity contribution in [2.24, 2.45) is 0 Å². The van der Waals surface area contributed by atoms with Crippen molar-refractivity contribution in [2.45, 2.75) is 44.2 Å². The molecule has 0 heterocycles. The second kappa shape index (κ2) is 7.78. The number of benzene rings is 1. The lowest BCUT2D eigenvalue weighted by atomic mass is 9.94. The van der Waals surface area contributed by atoms with Crippen LogP contribution in [0.25, 0.3) is 0 Å². The van der Waals surface area contributed by atoms with Crippen LogP contribution in [0.1, 0.15) is 43.7 Å². The molecular weight excluding hydrogens is 266 g/mol. The summed E-state index contributed by atoms with van der Waals surface area (Å²) in [7, 11) is 1.49. The van der Waals surface area contributed by atoms with E-state index in [1.165, 1.54) is 26.3 Å². The number of carbonyl (C=O) groups excluding carboxylic acids is 2. The van der Waals surface area contributed by atoms with Crippen LogP contribution in [0.5, 0.6) is 0 Å². The van der Waals surface area contributed by atoms with Gasteiger partial charge in [0.25, 0.3) is 0 Å². The normalized spacial score (nSPS) is 17.0. The molecule has 0 aromatic heterocycles. The third-order valence-corrected chi connectivity index (χ3v) is 3.87. The van der Waals surface area contributed by atoms with Crippen LogP contribution in [0.3, 0.4) is 0 Å². The Bertz CT molecular complexity index is 470. The molecule has 3 amide bonds. The number of hydrogen-bond donors (Lipinski definition) is 3. The Kier molecular flexibility index (Phi) is 5.75. The first-order chi connectivity index (χ1) is 10.2. The maximum Gasteiger partial charge on any atom is 0.321 e. The van der Waals surface area contributed by atoms with Crippen molar-refractivity contribution in [1.29, 1.82) is 0 Å². The Labute approximate surface area is 125 Å². The molecule has 0 aliphatic heterocycles. The first kappa shape index (κ1) is 15.5. The van der Waals surface area contributed by atoms with Crippen molar-refractivity contribution in [3.8, 4) is 0 Å². The topological polar surface area (TPSA) is 70.2 Å². The first-order valence-corrected chi connectivity index (χ1v) is 7.54. The Morgan fingerprint density at radius 2 is 1.76 bits per heavy atom. The van der Waals surface area contributed by atoms with E-state index in [2.05, 4.69) is 16.0 Å². The molecule has 114 valence electrons. The number of carbonyl (C=O) groups is 2. The predicted octanol–water partition coefficient (Wildman–Crippen LogP) is 2.11. The fourth-order valence-corrected chi connectivity index (χ4v) is 2.72. The molecule has 1 saturated carbocycles. The molecule has 0 bridgehead atoms. The molecule has 1 unspecified atom stereocenters. The third kappa shape index (κ3) is 4.56. The summed E-state index contributed by atoms with van der Waals surface area (Å²) < 4.78 is 0. The highest BCUT2D eigenvalue weighted by Gasteiger charge is 2.25. The maximum absolute atomic E-state index is 12.4. The van der Waals surface area contributed by atoms with Crippen LogP contribution in [0.4, 0.5) is 4.79 Å². The molecule has 3 N–H and O–H groups in total. The van der Waals surface area contributed by atoms with Gasteiger partial charge in [0, 0.05) is 13.1 Å². The minimum Gasteiger partial charge on any atom is -0.341 e. The van der Waals surface area contributed by atoms with E-state index in [-0.39, 0.29) is 5.91 Å². The van der Waals surface area contributed by atoms with Gasteiger partial charge in [0.05, 0.1) is 0 Å². The summed E-state index contributed by atoms with van der Waals surface area (Å²) in [4.78, 5) is 23.7. The molecule has 5 nitrogen and oxygen atoms in total. The van der Waals surface area contributed by atoms with Gasteiger partial charge in [-0.25, -0.2) is 4.79 Å². The van der Waals surface area contributed by atoms with E-state index in [0.717, 1.165) is 18.4 Å². The van der Waals surface area contributed by atoms with Gasteiger partial charge in [-0.3, -0.25) is 15.4 Å². The van der Waals surface area contributed by atoms with Crippen LogP contribution in [0.2, 0.25) is 0 Å². The Morgan fingerprint density at radius 1 is 1.10 bits per heavy atom. The fourth-order valence-electron chi connectivity index (χ4n) is 2.72. The lowest BCUT2D eigenvalue weighted by Gasteiger charge is -2.28. The summed E-state index contributed by atoms with van der Waals surface area (Å²) in [5, 5.41) is 8.18. The summed E-state index contributed by atoms with van der Waals surface area (Å²) in [5.74, 6) is -0.314. The van der Waals surface area contributed by atoms with Gasteiger partial charge >= 0.3 is 6.03 Å². The Balaban J connectivity index is 2.09. The SMILES string of the molecule is CNC(=O)NC(=O)C(NC1CCCCC1)c1ccccc1. The molecule has 0 saturated heterocycles. The Hall–Kier alpha value is -1.88. The fraction of sp³-hybridized carbons (Fsp3) is 0.500. The highest BCUT2D eigenvalue weighted by atomic mass is 16.2. The number of imide groups is 1. The largest absolute Gasteiger partial charge is 0.341 e. The smallest absolute Gasteiger partial charge is 0.321 e. The van der Waals surface area contributed by atoms with Crippen LogP contribution in [-0.2, 0) is 4.79 Å². The number of urea groups is 1. The van der Waals surface area contributed by atoms with Gasteiger partial charge in [0.2, 0.25) is 5.91 Å². The van der Waals surface area contributed by atoms with Crippen LogP contribution in [-0.4, -0.2) is 25.0 Å². The third-order valence-electron chi connectivity index (χ3n) is 3.87. The average molecular weight is 289 g/mol. The van der Waals surface area contributed by atoms with Gasteiger partial charge in [-0.1, -0.05) is 49.6 Å². The second-order valence-corrected chi connectivity index (χ2v) is 5.41. The van der Waals surface area contributed by atoms with E-state index in [1.54, 1.807) is 0 Å². The summed E-state index contributed by atoms with van der Waals surface area (Å²) in [6.07, 6.45) is 5.80. The van der Waals surface area contributed by atoms with Crippen molar-refractivity contribution in [3.05, 3.63) is 35.9 Å². The average Bonchev–Trinajstić information content (AvgIpc) is 2.54. The first-order valence-electron chi connectivity index (χ1n) is 7.54. The van der Waals surface area contributed by atoms with Crippen LogP contribution < -0.4 is 16.0 Å². The van der Waals surface area contributed by atoms with Gasteiger partial charge in [0.15, 0.2) is 0 Å². The minimum atomic E-state index is -0.494. The monoisotopic (exact) mass is 289 g/mol. The summed E-state index contributed by atoms with van der Waals surface area (Å²) in [6, 6.07) is 8.89. The minimum absolute atomic E-state index is 0.314. The van der Waals surface area contributed by atoms with Crippen LogP contribution in [0.15, 0.2) is 30.3 Å². The number of nitrogens with one attached hydrogen (secondary N) is 3. The summed E-state index contributed by atoms with van der Waals surface area (Å²) in [6.45, 7) is 0. The van der Waals surface area contributed by atoms with Crippen molar-refractivity contribution in [2.75, 3.05) is 7.05 Å².